The van der Waals surface area contributed by atoms with Gasteiger partial charge in [0.1, 0.15) is 0 Å². The first kappa shape index (κ1) is 11.1. The third-order valence-corrected chi connectivity index (χ3v) is 3.07. The van der Waals surface area contributed by atoms with E-state index < -0.39 is 0 Å². The minimum Gasteiger partial charge on any atom is -0.324 e. The largest absolute Gasteiger partial charge is 0.324 e. The van der Waals surface area contributed by atoms with Crippen LogP contribution in [0.3, 0.4) is 0 Å². The molecule has 4 nitrogen and oxygen atoms in total. The first-order chi connectivity index (χ1) is 7.61. The molecule has 84 valence electrons. The highest BCUT2D eigenvalue weighted by Crippen LogP contribution is 2.31. The molecule has 16 heavy (non-hydrogen) atoms. The Kier molecular flexibility index (Phi) is 2.96. The number of amides is 2. The van der Waals surface area contributed by atoms with Gasteiger partial charge >= 0.3 is 0 Å². The van der Waals surface area contributed by atoms with Gasteiger partial charge in [0.25, 0.3) is 0 Å². The number of hydrogen-bond donors (Lipinski definition) is 1. The summed E-state index contributed by atoms with van der Waals surface area (Å²) in [6.45, 7) is 2.20. The Morgan fingerprint density at radius 2 is 2.31 bits per heavy atom. The summed E-state index contributed by atoms with van der Waals surface area (Å²) in [4.78, 5) is 24.2. The summed E-state index contributed by atoms with van der Waals surface area (Å²) in [7, 11) is 0. The molecule has 1 unspecified atom stereocenters. The Bertz CT molecular complexity index is 448. The zero-order valence-corrected chi connectivity index (χ0v) is 10.3. The number of carbonyl (C=O) groups excluding carboxylic acids is 2. The average Bonchev–Trinajstić information content (AvgIpc) is 2.38. The molecule has 1 aliphatic rings. The maximum atomic E-state index is 11.7. The van der Waals surface area contributed by atoms with E-state index in [1.165, 1.54) is 0 Å². The number of anilines is 2. The van der Waals surface area contributed by atoms with E-state index in [4.69, 9.17) is 0 Å². The van der Waals surface area contributed by atoms with E-state index in [-0.39, 0.29) is 11.8 Å². The maximum Gasteiger partial charge on any atom is 0.229 e. The van der Waals surface area contributed by atoms with E-state index in [2.05, 4.69) is 21.2 Å². The summed E-state index contributed by atoms with van der Waals surface area (Å²) < 4.78 is 0.877. The predicted octanol–water partition coefficient (Wildman–Crippen LogP) is 2.00. The standard InChI is InChI=1S/C11H11BrN2O2/c1-7-5-14(6-15)10-4-8(12)2-3-9(10)13-11(7)16/h2-4,6-7H,5H2,1H3,(H,13,16). The van der Waals surface area contributed by atoms with Crippen LogP contribution in [0.25, 0.3) is 0 Å². The molecule has 1 heterocycles. The van der Waals surface area contributed by atoms with Crippen LogP contribution < -0.4 is 10.2 Å². The van der Waals surface area contributed by atoms with Gasteiger partial charge in [0, 0.05) is 11.0 Å². The van der Waals surface area contributed by atoms with Crippen molar-refractivity contribution in [3.05, 3.63) is 22.7 Å². The van der Waals surface area contributed by atoms with E-state index in [1.807, 2.05) is 12.1 Å². The quantitative estimate of drug-likeness (QED) is 0.801. The van der Waals surface area contributed by atoms with E-state index >= 15 is 0 Å². The van der Waals surface area contributed by atoms with Crippen molar-refractivity contribution in [2.24, 2.45) is 5.92 Å². The first-order valence-corrected chi connectivity index (χ1v) is 5.73. The fourth-order valence-corrected chi connectivity index (χ4v) is 2.03. The molecule has 0 saturated carbocycles. The number of fused-ring (bicyclic) bond motifs is 1. The summed E-state index contributed by atoms with van der Waals surface area (Å²) in [6.07, 6.45) is 0.752. The minimum absolute atomic E-state index is 0.0621. The SMILES string of the molecule is CC1CN(C=O)c2cc(Br)ccc2NC1=O. The normalized spacial score (nSPS) is 19.8. The molecule has 1 aromatic rings. The van der Waals surface area contributed by atoms with Crippen molar-refractivity contribution in [3.8, 4) is 0 Å². The molecule has 2 amide bonds. The van der Waals surface area contributed by atoms with Gasteiger partial charge in [0.2, 0.25) is 12.3 Å². The lowest BCUT2D eigenvalue weighted by molar-refractivity contribution is -0.119. The number of hydrogen-bond acceptors (Lipinski definition) is 2. The Morgan fingerprint density at radius 3 is 3.00 bits per heavy atom. The molecular weight excluding hydrogens is 272 g/mol. The number of carbonyl (C=O) groups is 2. The van der Waals surface area contributed by atoms with Crippen LogP contribution in [0.5, 0.6) is 0 Å². The minimum atomic E-state index is -0.212. The van der Waals surface area contributed by atoms with Crippen LogP contribution >= 0.6 is 15.9 Å². The Labute approximate surface area is 102 Å². The second-order valence-corrected chi connectivity index (χ2v) is 4.73. The van der Waals surface area contributed by atoms with Crippen molar-refractivity contribution in [1.82, 2.24) is 0 Å². The molecule has 1 aromatic carbocycles. The zero-order valence-electron chi connectivity index (χ0n) is 8.74. The average molecular weight is 283 g/mol. The molecule has 0 fully saturated rings. The fraction of sp³-hybridized carbons (Fsp3) is 0.273. The van der Waals surface area contributed by atoms with Gasteiger partial charge in [0.05, 0.1) is 17.3 Å². The van der Waals surface area contributed by atoms with Crippen LogP contribution in [0, 0.1) is 5.92 Å². The molecule has 0 bridgehead atoms. The molecule has 0 spiro atoms. The lowest BCUT2D eigenvalue weighted by Gasteiger charge is -2.18. The number of nitrogens with zero attached hydrogens (tertiary/aromatic N) is 1. The molecule has 0 aliphatic carbocycles. The number of nitrogens with one attached hydrogen (secondary N) is 1. The van der Waals surface area contributed by atoms with Gasteiger partial charge in [-0.05, 0) is 18.2 Å². The Morgan fingerprint density at radius 1 is 1.56 bits per heavy atom. The predicted molar refractivity (Wildman–Crippen MR) is 65.3 cm³/mol. The number of rotatable bonds is 1. The summed E-state index contributed by atoms with van der Waals surface area (Å²) >= 11 is 3.35. The van der Waals surface area contributed by atoms with Crippen LogP contribution in [0.2, 0.25) is 0 Å². The third kappa shape index (κ3) is 1.95. The second kappa shape index (κ2) is 4.25. The van der Waals surface area contributed by atoms with Crippen molar-refractivity contribution in [3.63, 3.8) is 0 Å². The summed E-state index contributed by atoms with van der Waals surface area (Å²) in [5.74, 6) is -0.274. The number of halogens is 1. The highest BCUT2D eigenvalue weighted by molar-refractivity contribution is 9.10. The van der Waals surface area contributed by atoms with Crippen molar-refractivity contribution in [2.75, 3.05) is 16.8 Å². The van der Waals surface area contributed by atoms with Crippen molar-refractivity contribution in [2.45, 2.75) is 6.92 Å². The molecule has 1 N–H and O–H groups in total. The van der Waals surface area contributed by atoms with Crippen LogP contribution in [-0.2, 0) is 9.59 Å². The Balaban J connectivity index is 2.50. The van der Waals surface area contributed by atoms with Gasteiger partial charge in [-0.1, -0.05) is 22.9 Å². The van der Waals surface area contributed by atoms with E-state index in [1.54, 1.807) is 17.9 Å². The lowest BCUT2D eigenvalue weighted by Crippen LogP contribution is -2.29. The molecule has 2 rings (SSSR count). The van der Waals surface area contributed by atoms with Gasteiger partial charge < -0.3 is 10.2 Å². The fourth-order valence-electron chi connectivity index (χ4n) is 1.68. The summed E-state index contributed by atoms with van der Waals surface area (Å²) in [5.41, 5.74) is 1.40. The second-order valence-electron chi connectivity index (χ2n) is 3.81. The van der Waals surface area contributed by atoms with E-state index in [9.17, 15) is 9.59 Å². The van der Waals surface area contributed by atoms with Crippen LogP contribution in [0.4, 0.5) is 11.4 Å². The van der Waals surface area contributed by atoms with E-state index in [0.29, 0.717) is 12.2 Å². The summed E-state index contributed by atoms with van der Waals surface area (Å²) in [6, 6.07) is 5.44. The van der Waals surface area contributed by atoms with E-state index in [0.717, 1.165) is 16.6 Å². The lowest BCUT2D eigenvalue weighted by atomic mass is 10.1. The van der Waals surface area contributed by atoms with Crippen LogP contribution in [0.1, 0.15) is 6.92 Å². The first-order valence-electron chi connectivity index (χ1n) is 4.94. The number of benzene rings is 1. The van der Waals surface area contributed by atoms with Gasteiger partial charge in [-0.15, -0.1) is 0 Å². The molecular formula is C11H11BrN2O2. The van der Waals surface area contributed by atoms with Crippen LogP contribution in [-0.4, -0.2) is 18.9 Å². The third-order valence-electron chi connectivity index (χ3n) is 2.57. The van der Waals surface area contributed by atoms with Gasteiger partial charge in [0.15, 0.2) is 0 Å². The van der Waals surface area contributed by atoms with Crippen molar-refractivity contribution < 1.29 is 9.59 Å². The molecule has 1 atom stereocenters. The van der Waals surface area contributed by atoms with Gasteiger partial charge in [-0.2, -0.15) is 0 Å². The smallest absolute Gasteiger partial charge is 0.229 e. The molecule has 5 heteroatoms. The molecule has 1 aliphatic heterocycles. The molecule has 0 saturated heterocycles. The molecule has 0 aromatic heterocycles. The van der Waals surface area contributed by atoms with Crippen molar-refractivity contribution in [1.29, 1.82) is 0 Å². The van der Waals surface area contributed by atoms with Gasteiger partial charge in [-0.3, -0.25) is 9.59 Å². The monoisotopic (exact) mass is 282 g/mol. The highest BCUT2D eigenvalue weighted by Gasteiger charge is 2.24. The van der Waals surface area contributed by atoms with Gasteiger partial charge in [-0.25, -0.2) is 0 Å². The topological polar surface area (TPSA) is 49.4 Å². The zero-order chi connectivity index (χ0) is 11.7. The molecule has 0 radical (unpaired) electrons. The summed E-state index contributed by atoms with van der Waals surface area (Å²) in [5, 5.41) is 2.80. The Hall–Kier alpha value is -1.36. The highest BCUT2D eigenvalue weighted by atomic mass is 79.9. The maximum absolute atomic E-state index is 11.7. The van der Waals surface area contributed by atoms with Crippen LogP contribution in [0.15, 0.2) is 22.7 Å². The van der Waals surface area contributed by atoms with Crippen molar-refractivity contribution >= 4 is 39.6 Å².